The summed E-state index contributed by atoms with van der Waals surface area (Å²) in [5.74, 6) is 1.01. The van der Waals surface area contributed by atoms with Crippen molar-refractivity contribution in [2.75, 3.05) is 0 Å². The van der Waals surface area contributed by atoms with Crippen molar-refractivity contribution in [2.45, 2.75) is 26.2 Å². The van der Waals surface area contributed by atoms with Crippen LogP contribution >= 0.6 is 0 Å². The van der Waals surface area contributed by atoms with E-state index < -0.39 is 0 Å². The summed E-state index contributed by atoms with van der Waals surface area (Å²) >= 11 is 0. The average molecular weight is 431 g/mol. The summed E-state index contributed by atoms with van der Waals surface area (Å²) < 4.78 is 4.46. The largest absolute Gasteiger partial charge is 0.327 e. The van der Waals surface area contributed by atoms with Gasteiger partial charge in [0.15, 0.2) is 6.20 Å². The van der Waals surface area contributed by atoms with Crippen LogP contribution in [0, 0.1) is 6.92 Å². The number of pyridine rings is 1. The van der Waals surface area contributed by atoms with E-state index in [1.54, 1.807) is 0 Å². The standard InChI is InChI=1S/C30H28N3/c1-19-21(29-31-24-14-8-9-15-25(24)33(29)5)18-22-20-12-6-7-13-23(20)30(2,3)28(22)27(19)26-16-10-11-17-32(26)4/h6-18H,1-5H3/q+1. The normalized spacial score (nSPS) is 13.8. The van der Waals surface area contributed by atoms with Crippen LogP contribution in [0.1, 0.15) is 30.5 Å². The topological polar surface area (TPSA) is 21.7 Å². The molecule has 3 nitrogen and oxygen atoms in total. The maximum atomic E-state index is 5.07. The van der Waals surface area contributed by atoms with Gasteiger partial charge >= 0.3 is 0 Å². The lowest BCUT2D eigenvalue weighted by Gasteiger charge is -2.25. The molecule has 33 heavy (non-hydrogen) atoms. The maximum absolute atomic E-state index is 5.07. The minimum absolute atomic E-state index is 0.0836. The van der Waals surface area contributed by atoms with Crippen molar-refractivity contribution < 1.29 is 4.57 Å². The fraction of sp³-hybridized carbons (Fsp3) is 0.200. The molecule has 0 spiro atoms. The van der Waals surface area contributed by atoms with E-state index >= 15 is 0 Å². The third kappa shape index (κ3) is 2.69. The van der Waals surface area contributed by atoms with Crippen LogP contribution in [0.25, 0.3) is 44.8 Å². The van der Waals surface area contributed by atoms with Gasteiger partial charge in [0, 0.05) is 30.2 Å². The van der Waals surface area contributed by atoms with Crippen LogP contribution in [-0.4, -0.2) is 9.55 Å². The van der Waals surface area contributed by atoms with Gasteiger partial charge in [-0.15, -0.1) is 0 Å². The van der Waals surface area contributed by atoms with Gasteiger partial charge in [-0.2, -0.15) is 0 Å². The van der Waals surface area contributed by atoms with Crippen molar-refractivity contribution in [1.82, 2.24) is 9.55 Å². The van der Waals surface area contributed by atoms with Crippen molar-refractivity contribution in [3.05, 3.63) is 95.7 Å². The van der Waals surface area contributed by atoms with E-state index in [4.69, 9.17) is 4.98 Å². The van der Waals surface area contributed by atoms with E-state index in [0.29, 0.717) is 0 Å². The second-order valence-electron chi connectivity index (χ2n) is 9.70. The molecule has 0 saturated carbocycles. The Kier molecular flexibility index (Phi) is 4.16. The monoisotopic (exact) mass is 430 g/mol. The minimum Gasteiger partial charge on any atom is -0.327 e. The van der Waals surface area contributed by atoms with E-state index in [9.17, 15) is 0 Å². The molecule has 1 aliphatic carbocycles. The van der Waals surface area contributed by atoms with Crippen LogP contribution in [0.2, 0.25) is 0 Å². The Morgan fingerprint density at radius 2 is 1.58 bits per heavy atom. The lowest BCUT2D eigenvalue weighted by molar-refractivity contribution is -0.660. The number of imidazole rings is 1. The molecule has 0 radical (unpaired) electrons. The number of aromatic nitrogens is 3. The van der Waals surface area contributed by atoms with Gasteiger partial charge in [0.05, 0.1) is 16.6 Å². The number of nitrogens with zero attached hydrogens (tertiary/aromatic N) is 3. The van der Waals surface area contributed by atoms with Gasteiger partial charge in [-0.1, -0.05) is 50.2 Å². The summed E-state index contributed by atoms with van der Waals surface area (Å²) in [4.78, 5) is 5.07. The first-order valence-corrected chi connectivity index (χ1v) is 11.5. The molecule has 0 atom stereocenters. The maximum Gasteiger partial charge on any atom is 0.212 e. The summed E-state index contributed by atoms with van der Waals surface area (Å²) in [6.45, 7) is 6.98. The van der Waals surface area contributed by atoms with Gasteiger partial charge in [-0.25, -0.2) is 9.55 Å². The predicted octanol–water partition coefficient (Wildman–Crippen LogP) is 6.35. The van der Waals surface area contributed by atoms with Gasteiger partial charge in [-0.05, 0) is 59.0 Å². The first kappa shape index (κ1) is 19.9. The molecule has 3 heteroatoms. The van der Waals surface area contributed by atoms with Crippen molar-refractivity contribution in [3.63, 3.8) is 0 Å². The van der Waals surface area contributed by atoms with E-state index in [2.05, 4.69) is 123 Å². The predicted molar refractivity (Wildman–Crippen MR) is 135 cm³/mol. The fourth-order valence-corrected chi connectivity index (χ4v) is 5.76. The zero-order valence-electron chi connectivity index (χ0n) is 19.8. The van der Waals surface area contributed by atoms with Gasteiger partial charge in [0.2, 0.25) is 5.69 Å². The van der Waals surface area contributed by atoms with Crippen LogP contribution in [0.3, 0.4) is 0 Å². The molecule has 0 amide bonds. The second-order valence-corrected chi connectivity index (χ2v) is 9.70. The molecule has 0 bridgehead atoms. The molecule has 1 aliphatic rings. The van der Waals surface area contributed by atoms with E-state index in [-0.39, 0.29) is 5.41 Å². The van der Waals surface area contributed by atoms with E-state index in [1.807, 2.05) is 0 Å². The summed E-state index contributed by atoms with van der Waals surface area (Å²) in [7, 11) is 4.26. The summed E-state index contributed by atoms with van der Waals surface area (Å²) in [5.41, 5.74) is 12.6. The van der Waals surface area contributed by atoms with E-state index in [1.165, 1.54) is 44.6 Å². The molecule has 0 fully saturated rings. The van der Waals surface area contributed by atoms with Crippen LogP contribution in [0.5, 0.6) is 0 Å². The fourth-order valence-electron chi connectivity index (χ4n) is 5.76. The Balaban J connectivity index is 1.77. The molecule has 0 unspecified atom stereocenters. The summed E-state index contributed by atoms with van der Waals surface area (Å²) in [6.07, 6.45) is 2.14. The lowest BCUT2D eigenvalue weighted by Crippen LogP contribution is -2.31. The molecule has 0 saturated heterocycles. The van der Waals surface area contributed by atoms with Crippen LogP contribution < -0.4 is 4.57 Å². The molecule has 5 aromatic rings. The van der Waals surface area contributed by atoms with Gasteiger partial charge < -0.3 is 4.57 Å². The van der Waals surface area contributed by atoms with Crippen molar-refractivity contribution in [3.8, 4) is 33.8 Å². The van der Waals surface area contributed by atoms with Gasteiger partial charge in [0.25, 0.3) is 0 Å². The molecule has 0 aliphatic heterocycles. The molecule has 162 valence electrons. The third-order valence-electron chi connectivity index (χ3n) is 7.44. The summed E-state index contributed by atoms with van der Waals surface area (Å²) in [6, 6.07) is 26.1. The molecule has 2 aromatic heterocycles. The second kappa shape index (κ2) is 6.89. The SMILES string of the molecule is Cc1c(-c2nc3ccccc3n2C)cc2c(c1-c1cccc[n+]1C)C(C)(C)c1ccccc1-2. The average Bonchev–Trinajstić information content (AvgIpc) is 3.26. The lowest BCUT2D eigenvalue weighted by atomic mass is 9.77. The van der Waals surface area contributed by atoms with Gasteiger partial charge in [0.1, 0.15) is 12.9 Å². The highest BCUT2D eigenvalue weighted by Crippen LogP contribution is 2.54. The smallest absolute Gasteiger partial charge is 0.212 e. The number of fused-ring (bicyclic) bond motifs is 4. The highest BCUT2D eigenvalue weighted by molar-refractivity contribution is 5.93. The van der Waals surface area contributed by atoms with Gasteiger partial charge in [-0.3, -0.25) is 0 Å². The molecule has 6 rings (SSSR count). The Bertz CT molecular complexity index is 1570. The molecular formula is C30H28N3+. The zero-order chi connectivity index (χ0) is 22.9. The first-order valence-electron chi connectivity index (χ1n) is 11.5. The van der Waals surface area contributed by atoms with Crippen LogP contribution in [-0.2, 0) is 19.5 Å². The zero-order valence-corrected chi connectivity index (χ0v) is 19.8. The molecular weight excluding hydrogens is 402 g/mol. The molecule has 3 aromatic carbocycles. The Labute approximate surface area is 195 Å². The number of hydrogen-bond donors (Lipinski definition) is 0. The van der Waals surface area contributed by atoms with Crippen molar-refractivity contribution in [1.29, 1.82) is 0 Å². The number of benzene rings is 3. The number of hydrogen-bond acceptors (Lipinski definition) is 1. The Morgan fingerprint density at radius 3 is 2.36 bits per heavy atom. The summed E-state index contributed by atoms with van der Waals surface area (Å²) in [5, 5.41) is 0. The van der Waals surface area contributed by atoms with Crippen molar-refractivity contribution in [2.24, 2.45) is 14.1 Å². The van der Waals surface area contributed by atoms with Crippen LogP contribution in [0.4, 0.5) is 0 Å². The van der Waals surface area contributed by atoms with Crippen molar-refractivity contribution >= 4 is 11.0 Å². The molecule has 2 heterocycles. The Hall–Kier alpha value is -3.72. The highest BCUT2D eigenvalue weighted by atomic mass is 15.1. The molecule has 0 N–H and O–H groups in total. The van der Waals surface area contributed by atoms with E-state index in [0.717, 1.165) is 16.9 Å². The first-order chi connectivity index (χ1) is 15.9. The number of aryl methyl sites for hydroxylation is 2. The Morgan fingerprint density at radius 1 is 0.848 bits per heavy atom. The minimum atomic E-state index is -0.0836. The number of rotatable bonds is 2. The quantitative estimate of drug-likeness (QED) is 0.299. The highest BCUT2D eigenvalue weighted by Gasteiger charge is 2.40. The number of para-hydroxylation sites is 2. The third-order valence-corrected chi connectivity index (χ3v) is 7.44. The van der Waals surface area contributed by atoms with Crippen LogP contribution in [0.15, 0.2) is 79.0 Å².